The van der Waals surface area contributed by atoms with Gasteiger partial charge >= 0.3 is 0 Å². The number of hydrogen-bond acceptors (Lipinski definition) is 2. The SMILES string of the molecule is CCNC(Cc1ccc2c(c1)CCC2)c1ccc(Br)s1. The summed E-state index contributed by atoms with van der Waals surface area (Å²) in [7, 11) is 0. The Hall–Kier alpha value is -0.640. The van der Waals surface area contributed by atoms with E-state index in [1.54, 1.807) is 11.1 Å². The second-order valence-corrected chi connectivity index (χ2v) is 7.91. The van der Waals surface area contributed by atoms with Crippen molar-refractivity contribution in [3.63, 3.8) is 0 Å². The van der Waals surface area contributed by atoms with Crippen molar-refractivity contribution in [3.05, 3.63) is 55.7 Å². The van der Waals surface area contributed by atoms with E-state index in [2.05, 4.69) is 58.5 Å². The van der Waals surface area contributed by atoms with Crippen LogP contribution in [0.15, 0.2) is 34.1 Å². The standard InChI is InChI=1S/C17H20BrNS/c1-2-19-15(16-8-9-17(18)20-16)11-12-6-7-13-4-3-5-14(13)10-12/h6-10,15,19H,2-5,11H2,1H3. The first kappa shape index (κ1) is 14.3. The van der Waals surface area contributed by atoms with Gasteiger partial charge < -0.3 is 5.32 Å². The van der Waals surface area contributed by atoms with Crippen molar-refractivity contribution < 1.29 is 0 Å². The molecule has 1 unspecified atom stereocenters. The maximum absolute atomic E-state index is 3.62. The van der Waals surface area contributed by atoms with E-state index in [0.717, 1.165) is 13.0 Å². The highest BCUT2D eigenvalue weighted by Gasteiger charge is 2.16. The molecule has 1 N–H and O–H groups in total. The highest BCUT2D eigenvalue weighted by atomic mass is 79.9. The molecule has 3 rings (SSSR count). The summed E-state index contributed by atoms with van der Waals surface area (Å²) >= 11 is 5.40. The Balaban J connectivity index is 1.79. The zero-order valence-electron chi connectivity index (χ0n) is 11.8. The summed E-state index contributed by atoms with van der Waals surface area (Å²) in [4.78, 5) is 1.42. The van der Waals surface area contributed by atoms with Crippen LogP contribution in [-0.4, -0.2) is 6.54 Å². The lowest BCUT2D eigenvalue weighted by atomic mass is 10.00. The van der Waals surface area contributed by atoms with Crippen molar-refractivity contribution in [2.24, 2.45) is 0 Å². The van der Waals surface area contributed by atoms with Gasteiger partial charge in [-0.2, -0.15) is 0 Å². The van der Waals surface area contributed by atoms with Crippen LogP contribution in [0.25, 0.3) is 0 Å². The molecule has 1 nitrogen and oxygen atoms in total. The number of hydrogen-bond donors (Lipinski definition) is 1. The van der Waals surface area contributed by atoms with Gasteiger partial charge in [-0.3, -0.25) is 0 Å². The molecule has 0 amide bonds. The summed E-state index contributed by atoms with van der Waals surface area (Å²) in [5, 5.41) is 3.62. The molecule has 0 fully saturated rings. The molecule has 0 bridgehead atoms. The van der Waals surface area contributed by atoms with Crippen LogP contribution in [0.3, 0.4) is 0 Å². The van der Waals surface area contributed by atoms with Gasteiger partial charge in [-0.15, -0.1) is 11.3 Å². The van der Waals surface area contributed by atoms with E-state index in [9.17, 15) is 0 Å². The van der Waals surface area contributed by atoms with E-state index in [0.29, 0.717) is 6.04 Å². The first-order valence-corrected chi connectivity index (χ1v) is 8.96. The van der Waals surface area contributed by atoms with E-state index < -0.39 is 0 Å². The van der Waals surface area contributed by atoms with Crippen molar-refractivity contribution in [2.45, 2.75) is 38.6 Å². The minimum Gasteiger partial charge on any atom is -0.309 e. The molecule has 0 aliphatic heterocycles. The molecule has 106 valence electrons. The summed E-state index contributed by atoms with van der Waals surface area (Å²) in [6.07, 6.45) is 4.94. The Morgan fingerprint density at radius 1 is 1.20 bits per heavy atom. The normalized spacial score (nSPS) is 15.3. The highest BCUT2D eigenvalue weighted by molar-refractivity contribution is 9.11. The van der Waals surface area contributed by atoms with Gasteiger partial charge in [0.2, 0.25) is 0 Å². The molecular formula is C17H20BrNS. The summed E-state index contributed by atoms with van der Waals surface area (Å²) in [5.41, 5.74) is 4.60. The van der Waals surface area contributed by atoms with Crippen LogP contribution in [-0.2, 0) is 19.3 Å². The van der Waals surface area contributed by atoms with Crippen LogP contribution in [0.1, 0.15) is 41.0 Å². The maximum Gasteiger partial charge on any atom is 0.0701 e. The van der Waals surface area contributed by atoms with Crippen LogP contribution >= 0.6 is 27.3 Å². The molecule has 1 aromatic heterocycles. The Morgan fingerprint density at radius 2 is 2.05 bits per heavy atom. The van der Waals surface area contributed by atoms with Crippen LogP contribution in [0, 0.1) is 0 Å². The van der Waals surface area contributed by atoms with Gasteiger partial charge in [-0.25, -0.2) is 0 Å². The fourth-order valence-electron chi connectivity index (χ4n) is 3.02. The quantitative estimate of drug-likeness (QED) is 0.809. The zero-order chi connectivity index (χ0) is 13.9. The van der Waals surface area contributed by atoms with Crippen molar-refractivity contribution in [1.29, 1.82) is 0 Å². The predicted molar refractivity (Wildman–Crippen MR) is 90.6 cm³/mol. The number of rotatable bonds is 5. The number of nitrogens with one attached hydrogen (secondary N) is 1. The smallest absolute Gasteiger partial charge is 0.0701 e. The van der Waals surface area contributed by atoms with Crippen molar-refractivity contribution in [2.75, 3.05) is 6.54 Å². The summed E-state index contributed by atoms with van der Waals surface area (Å²) in [6.45, 7) is 3.18. The Labute approximate surface area is 133 Å². The maximum atomic E-state index is 3.62. The number of fused-ring (bicyclic) bond motifs is 1. The lowest BCUT2D eigenvalue weighted by Crippen LogP contribution is -2.22. The van der Waals surface area contributed by atoms with Crippen LogP contribution in [0.4, 0.5) is 0 Å². The molecule has 1 heterocycles. The Morgan fingerprint density at radius 3 is 2.80 bits per heavy atom. The zero-order valence-corrected chi connectivity index (χ0v) is 14.2. The van der Waals surface area contributed by atoms with Gasteiger partial charge in [0.05, 0.1) is 3.79 Å². The highest BCUT2D eigenvalue weighted by Crippen LogP contribution is 2.30. The van der Waals surface area contributed by atoms with E-state index >= 15 is 0 Å². The minimum absolute atomic E-state index is 0.427. The average Bonchev–Trinajstić information content (AvgIpc) is 3.06. The third kappa shape index (κ3) is 3.16. The fourth-order valence-corrected chi connectivity index (χ4v) is 4.52. The molecule has 2 aromatic rings. The molecule has 1 aromatic carbocycles. The molecule has 0 saturated carbocycles. The lowest BCUT2D eigenvalue weighted by molar-refractivity contribution is 0.558. The van der Waals surface area contributed by atoms with E-state index in [4.69, 9.17) is 0 Å². The van der Waals surface area contributed by atoms with E-state index in [-0.39, 0.29) is 0 Å². The molecule has 20 heavy (non-hydrogen) atoms. The Bertz CT molecular complexity index is 590. The minimum atomic E-state index is 0.427. The first-order chi connectivity index (χ1) is 9.76. The first-order valence-electron chi connectivity index (χ1n) is 7.35. The molecule has 1 aliphatic carbocycles. The molecule has 0 spiro atoms. The summed E-state index contributed by atoms with van der Waals surface area (Å²) < 4.78 is 1.21. The molecule has 1 aliphatic rings. The average molecular weight is 350 g/mol. The van der Waals surface area contributed by atoms with Gasteiger partial charge in [0.15, 0.2) is 0 Å². The summed E-state index contributed by atoms with van der Waals surface area (Å²) in [6, 6.07) is 11.9. The van der Waals surface area contributed by atoms with E-state index in [1.165, 1.54) is 33.5 Å². The number of likely N-dealkylation sites (N-methyl/N-ethyl adjacent to an activating group) is 1. The van der Waals surface area contributed by atoms with Gasteiger partial charge in [0.1, 0.15) is 0 Å². The van der Waals surface area contributed by atoms with Gasteiger partial charge in [0.25, 0.3) is 0 Å². The van der Waals surface area contributed by atoms with Crippen LogP contribution in [0.2, 0.25) is 0 Å². The van der Waals surface area contributed by atoms with Gasteiger partial charge in [-0.05, 0) is 77.0 Å². The van der Waals surface area contributed by atoms with Crippen molar-refractivity contribution in [1.82, 2.24) is 5.32 Å². The fraction of sp³-hybridized carbons (Fsp3) is 0.412. The molecule has 3 heteroatoms. The molecular weight excluding hydrogens is 330 g/mol. The van der Waals surface area contributed by atoms with E-state index in [1.807, 2.05) is 11.3 Å². The third-order valence-corrected chi connectivity index (χ3v) is 5.73. The summed E-state index contributed by atoms with van der Waals surface area (Å²) in [5.74, 6) is 0. The monoisotopic (exact) mass is 349 g/mol. The second kappa shape index (κ2) is 6.42. The molecule has 1 atom stereocenters. The van der Waals surface area contributed by atoms with Crippen LogP contribution in [0.5, 0.6) is 0 Å². The molecule has 0 radical (unpaired) electrons. The third-order valence-electron chi connectivity index (χ3n) is 3.99. The largest absolute Gasteiger partial charge is 0.309 e. The number of aryl methyl sites for hydroxylation is 2. The number of halogens is 1. The number of thiophene rings is 1. The van der Waals surface area contributed by atoms with Crippen molar-refractivity contribution >= 4 is 27.3 Å². The Kier molecular flexibility index (Phi) is 4.59. The lowest BCUT2D eigenvalue weighted by Gasteiger charge is -2.17. The van der Waals surface area contributed by atoms with Crippen LogP contribution < -0.4 is 5.32 Å². The van der Waals surface area contributed by atoms with Gasteiger partial charge in [-0.1, -0.05) is 25.1 Å². The number of benzene rings is 1. The molecule has 0 saturated heterocycles. The topological polar surface area (TPSA) is 12.0 Å². The van der Waals surface area contributed by atoms with Gasteiger partial charge in [0, 0.05) is 10.9 Å². The predicted octanol–water partition coefficient (Wildman–Crippen LogP) is 4.89. The van der Waals surface area contributed by atoms with Crippen molar-refractivity contribution in [3.8, 4) is 0 Å². The second-order valence-electron chi connectivity index (χ2n) is 5.41.